The highest BCUT2D eigenvalue weighted by Gasteiger charge is 2.03. The molecule has 0 aliphatic carbocycles. The molecule has 1 rings (SSSR count). The molecule has 0 aliphatic rings. The molecule has 0 bridgehead atoms. The van der Waals surface area contributed by atoms with Gasteiger partial charge in [0, 0.05) is 24.6 Å². The molecule has 80 valence electrons. The average molecular weight is 213 g/mol. The number of aliphatic hydroxyl groups excluding tert-OH is 1. The number of rotatable bonds is 6. The number of hydrogen-bond donors (Lipinski definition) is 2. The third-order valence-electron chi connectivity index (χ3n) is 2.31. The lowest BCUT2D eigenvalue weighted by Gasteiger charge is -2.09. The van der Waals surface area contributed by atoms with Crippen LogP contribution in [0.2, 0.25) is 0 Å². The van der Waals surface area contributed by atoms with Crippen LogP contribution < -0.4 is 5.32 Å². The lowest BCUT2D eigenvalue weighted by molar-refractivity contribution is 0.233. The Balaban J connectivity index is 2.31. The van der Waals surface area contributed by atoms with Crippen LogP contribution in [-0.4, -0.2) is 18.3 Å². The molecule has 0 fully saturated rings. The van der Waals surface area contributed by atoms with Crippen LogP contribution in [0.4, 0.5) is 0 Å². The summed E-state index contributed by atoms with van der Waals surface area (Å²) in [5.41, 5.74) is 1.44. The molecule has 0 aliphatic heterocycles. The van der Waals surface area contributed by atoms with Crippen LogP contribution in [0.1, 0.15) is 24.3 Å². The molecule has 1 aromatic heterocycles. The van der Waals surface area contributed by atoms with Gasteiger partial charge in [-0.15, -0.1) is 11.3 Å². The molecule has 0 radical (unpaired) electrons. The van der Waals surface area contributed by atoms with Gasteiger partial charge in [-0.1, -0.05) is 13.8 Å². The van der Waals surface area contributed by atoms with Gasteiger partial charge in [-0.25, -0.2) is 0 Å². The summed E-state index contributed by atoms with van der Waals surface area (Å²) in [7, 11) is 0. The van der Waals surface area contributed by atoms with Crippen LogP contribution in [0.3, 0.4) is 0 Å². The maximum Gasteiger partial charge on any atom is 0.0468 e. The maximum atomic E-state index is 8.86. The molecule has 0 spiro atoms. The van der Waals surface area contributed by atoms with E-state index in [0.717, 1.165) is 19.5 Å². The predicted molar refractivity (Wildman–Crippen MR) is 61.7 cm³/mol. The average Bonchev–Trinajstić information content (AvgIpc) is 2.65. The van der Waals surface area contributed by atoms with Gasteiger partial charge in [-0.3, -0.25) is 0 Å². The predicted octanol–water partition coefficient (Wildman–Crippen LogP) is 2.03. The Morgan fingerprint density at radius 3 is 3.00 bits per heavy atom. The largest absolute Gasteiger partial charge is 0.396 e. The highest BCUT2D eigenvalue weighted by Crippen LogP contribution is 2.16. The van der Waals surface area contributed by atoms with E-state index in [9.17, 15) is 0 Å². The van der Waals surface area contributed by atoms with Crippen molar-refractivity contribution in [2.45, 2.75) is 26.8 Å². The second-order valence-electron chi connectivity index (χ2n) is 3.64. The first kappa shape index (κ1) is 11.7. The summed E-state index contributed by atoms with van der Waals surface area (Å²) in [6, 6.07) is 2.19. The van der Waals surface area contributed by atoms with Crippen molar-refractivity contribution in [3.05, 3.63) is 21.9 Å². The van der Waals surface area contributed by atoms with Crippen molar-refractivity contribution in [1.82, 2.24) is 5.32 Å². The van der Waals surface area contributed by atoms with Crippen LogP contribution >= 0.6 is 11.3 Å². The highest BCUT2D eigenvalue weighted by atomic mass is 32.1. The van der Waals surface area contributed by atoms with Gasteiger partial charge >= 0.3 is 0 Å². The standard InChI is InChI=1S/C11H19NOS/c1-3-10-4-5-14-11(10)7-12-6-9(2)8-13/h4-5,9,12-13H,3,6-8H2,1-2H3. The van der Waals surface area contributed by atoms with Gasteiger partial charge in [0.1, 0.15) is 0 Å². The molecule has 1 unspecified atom stereocenters. The van der Waals surface area contributed by atoms with E-state index in [2.05, 4.69) is 23.7 Å². The lowest BCUT2D eigenvalue weighted by Crippen LogP contribution is -2.22. The Hall–Kier alpha value is -0.380. The summed E-state index contributed by atoms with van der Waals surface area (Å²) >= 11 is 1.81. The van der Waals surface area contributed by atoms with Crippen LogP contribution in [0.25, 0.3) is 0 Å². The second-order valence-corrected chi connectivity index (χ2v) is 4.64. The normalized spacial score (nSPS) is 13.1. The van der Waals surface area contributed by atoms with Crippen molar-refractivity contribution >= 4 is 11.3 Å². The highest BCUT2D eigenvalue weighted by molar-refractivity contribution is 7.10. The molecule has 2 N–H and O–H groups in total. The first-order valence-electron chi connectivity index (χ1n) is 5.14. The van der Waals surface area contributed by atoms with Gasteiger partial charge < -0.3 is 10.4 Å². The van der Waals surface area contributed by atoms with Crippen LogP contribution in [0.15, 0.2) is 11.4 Å². The van der Waals surface area contributed by atoms with E-state index in [1.807, 2.05) is 18.3 Å². The summed E-state index contributed by atoms with van der Waals surface area (Å²) in [5.74, 6) is 0.347. The molecular weight excluding hydrogens is 194 g/mol. The Morgan fingerprint density at radius 1 is 1.57 bits per heavy atom. The van der Waals surface area contributed by atoms with E-state index < -0.39 is 0 Å². The monoisotopic (exact) mass is 213 g/mol. The number of hydrogen-bond acceptors (Lipinski definition) is 3. The third kappa shape index (κ3) is 3.40. The van der Waals surface area contributed by atoms with E-state index >= 15 is 0 Å². The molecule has 0 saturated heterocycles. The van der Waals surface area contributed by atoms with Gasteiger partial charge in [0.2, 0.25) is 0 Å². The number of thiophene rings is 1. The summed E-state index contributed by atoms with van der Waals surface area (Å²) < 4.78 is 0. The Morgan fingerprint density at radius 2 is 2.36 bits per heavy atom. The van der Waals surface area contributed by atoms with Gasteiger partial charge in [0.05, 0.1) is 0 Å². The minimum Gasteiger partial charge on any atom is -0.396 e. The maximum absolute atomic E-state index is 8.86. The molecular formula is C11H19NOS. The lowest BCUT2D eigenvalue weighted by atomic mass is 10.2. The molecule has 0 aromatic carbocycles. The van der Waals surface area contributed by atoms with E-state index in [4.69, 9.17) is 5.11 Å². The molecule has 1 atom stereocenters. The van der Waals surface area contributed by atoms with Gasteiger partial charge in [-0.05, 0) is 29.3 Å². The van der Waals surface area contributed by atoms with E-state index in [1.54, 1.807) is 0 Å². The third-order valence-corrected chi connectivity index (χ3v) is 3.27. The SMILES string of the molecule is CCc1ccsc1CNCC(C)CO. The molecule has 1 heterocycles. The summed E-state index contributed by atoms with van der Waals surface area (Å²) in [4.78, 5) is 1.43. The van der Waals surface area contributed by atoms with Crippen LogP contribution in [0, 0.1) is 5.92 Å². The zero-order valence-corrected chi connectivity index (χ0v) is 9.73. The van der Waals surface area contributed by atoms with Gasteiger partial charge in [-0.2, -0.15) is 0 Å². The zero-order chi connectivity index (χ0) is 10.4. The van der Waals surface area contributed by atoms with Crippen molar-refractivity contribution in [1.29, 1.82) is 0 Å². The molecule has 1 aromatic rings. The number of aryl methyl sites for hydroxylation is 1. The van der Waals surface area contributed by atoms with Crippen molar-refractivity contribution in [3.8, 4) is 0 Å². The Kier molecular flexibility index (Phi) is 5.15. The van der Waals surface area contributed by atoms with Crippen molar-refractivity contribution in [2.24, 2.45) is 5.92 Å². The Labute approximate surface area is 90.0 Å². The zero-order valence-electron chi connectivity index (χ0n) is 8.92. The smallest absolute Gasteiger partial charge is 0.0468 e. The summed E-state index contributed by atoms with van der Waals surface area (Å²) in [6.45, 7) is 6.31. The minimum absolute atomic E-state index is 0.262. The number of nitrogens with one attached hydrogen (secondary N) is 1. The quantitative estimate of drug-likeness (QED) is 0.758. The van der Waals surface area contributed by atoms with E-state index in [-0.39, 0.29) is 6.61 Å². The molecule has 2 nitrogen and oxygen atoms in total. The van der Waals surface area contributed by atoms with Gasteiger partial charge in [0.15, 0.2) is 0 Å². The summed E-state index contributed by atoms with van der Waals surface area (Å²) in [6.07, 6.45) is 1.11. The van der Waals surface area contributed by atoms with Crippen LogP contribution in [-0.2, 0) is 13.0 Å². The van der Waals surface area contributed by atoms with Crippen molar-refractivity contribution in [2.75, 3.05) is 13.2 Å². The number of aliphatic hydroxyl groups is 1. The van der Waals surface area contributed by atoms with Crippen molar-refractivity contribution in [3.63, 3.8) is 0 Å². The fraction of sp³-hybridized carbons (Fsp3) is 0.636. The first-order valence-corrected chi connectivity index (χ1v) is 6.02. The van der Waals surface area contributed by atoms with E-state index in [1.165, 1.54) is 10.4 Å². The van der Waals surface area contributed by atoms with Crippen LogP contribution in [0.5, 0.6) is 0 Å². The fourth-order valence-electron chi connectivity index (χ4n) is 1.33. The first-order chi connectivity index (χ1) is 6.77. The molecule has 0 saturated carbocycles. The second kappa shape index (κ2) is 6.17. The van der Waals surface area contributed by atoms with E-state index in [0.29, 0.717) is 5.92 Å². The fourth-order valence-corrected chi connectivity index (χ4v) is 2.28. The molecule has 14 heavy (non-hydrogen) atoms. The van der Waals surface area contributed by atoms with Gasteiger partial charge in [0.25, 0.3) is 0 Å². The summed E-state index contributed by atoms with van der Waals surface area (Å²) in [5, 5.41) is 14.4. The molecule has 3 heteroatoms. The van der Waals surface area contributed by atoms with Crippen molar-refractivity contribution < 1.29 is 5.11 Å². The Bertz CT molecular complexity index is 260. The molecule has 0 amide bonds. The minimum atomic E-state index is 0.262. The topological polar surface area (TPSA) is 32.3 Å².